The zero-order valence-electron chi connectivity index (χ0n) is 11.6. The van der Waals surface area contributed by atoms with Gasteiger partial charge in [-0.1, -0.05) is 48.5 Å². The topological polar surface area (TPSA) is 28.7 Å². The first kappa shape index (κ1) is 12.4. The molecule has 21 heavy (non-hydrogen) atoms. The maximum absolute atomic E-state index is 4.73. The van der Waals surface area contributed by atoms with E-state index in [1.807, 2.05) is 6.07 Å². The number of para-hydroxylation sites is 1. The van der Waals surface area contributed by atoms with Gasteiger partial charge < -0.3 is 4.98 Å². The Kier molecular flexibility index (Phi) is 2.86. The van der Waals surface area contributed by atoms with Gasteiger partial charge in [0.15, 0.2) is 0 Å². The van der Waals surface area contributed by atoms with E-state index >= 15 is 0 Å². The number of nitrogens with zero attached hydrogens (tertiary/aromatic N) is 1. The lowest BCUT2D eigenvalue weighted by Gasteiger charge is -1.93. The molecule has 3 heteroatoms. The number of aromatic nitrogens is 2. The molecule has 1 N–H and O–H groups in total. The average Bonchev–Trinajstić information content (AvgIpc) is 3.11. The first-order chi connectivity index (χ1) is 10.3. The van der Waals surface area contributed by atoms with Gasteiger partial charge in [-0.15, -0.1) is 11.3 Å². The van der Waals surface area contributed by atoms with Crippen LogP contribution in [0.1, 0.15) is 5.69 Å². The predicted octanol–water partition coefficient (Wildman–Crippen LogP) is 5.27. The Morgan fingerprint density at radius 3 is 2.52 bits per heavy atom. The smallest absolute Gasteiger partial charge is 0.124 e. The highest BCUT2D eigenvalue weighted by molar-refractivity contribution is 7.18. The first-order valence-electron chi connectivity index (χ1n) is 6.92. The molecule has 0 radical (unpaired) electrons. The van der Waals surface area contributed by atoms with E-state index in [1.54, 1.807) is 11.3 Å². The quantitative estimate of drug-likeness (QED) is 0.535. The summed E-state index contributed by atoms with van der Waals surface area (Å²) in [7, 11) is 0. The Bertz CT molecular complexity index is 870. The van der Waals surface area contributed by atoms with Crippen molar-refractivity contribution in [3.63, 3.8) is 0 Å². The summed E-state index contributed by atoms with van der Waals surface area (Å²) in [5.74, 6) is 0. The van der Waals surface area contributed by atoms with E-state index in [4.69, 9.17) is 4.98 Å². The lowest BCUT2D eigenvalue weighted by molar-refractivity contribution is 1.26. The van der Waals surface area contributed by atoms with Crippen molar-refractivity contribution in [1.82, 2.24) is 9.97 Å². The summed E-state index contributed by atoms with van der Waals surface area (Å²) in [4.78, 5) is 9.43. The molecule has 0 aliphatic heterocycles. The summed E-state index contributed by atoms with van der Waals surface area (Å²) >= 11 is 1.74. The third kappa shape index (κ3) is 2.16. The van der Waals surface area contributed by atoms with Gasteiger partial charge in [0.05, 0.1) is 16.3 Å². The molecule has 0 atom stereocenters. The van der Waals surface area contributed by atoms with Crippen molar-refractivity contribution in [2.75, 3.05) is 0 Å². The molecule has 0 saturated carbocycles. The van der Waals surface area contributed by atoms with Gasteiger partial charge in [-0.25, -0.2) is 4.98 Å². The van der Waals surface area contributed by atoms with E-state index in [9.17, 15) is 0 Å². The molecule has 102 valence electrons. The highest BCUT2D eigenvalue weighted by Gasteiger charge is 2.12. The molecule has 0 aliphatic rings. The Morgan fingerprint density at radius 1 is 0.952 bits per heavy atom. The first-order valence-corrected chi connectivity index (χ1v) is 7.74. The lowest BCUT2D eigenvalue weighted by Crippen LogP contribution is -1.78. The van der Waals surface area contributed by atoms with Gasteiger partial charge in [0, 0.05) is 16.5 Å². The second kappa shape index (κ2) is 4.86. The molecule has 2 aromatic heterocycles. The third-order valence-corrected chi connectivity index (χ3v) is 4.83. The van der Waals surface area contributed by atoms with E-state index < -0.39 is 0 Å². The minimum absolute atomic E-state index is 1.07. The van der Waals surface area contributed by atoms with Crippen LogP contribution < -0.4 is 0 Å². The number of fused-ring (bicyclic) bond motifs is 1. The van der Waals surface area contributed by atoms with Gasteiger partial charge in [-0.2, -0.15) is 0 Å². The Balaban J connectivity index is 1.84. The van der Waals surface area contributed by atoms with Crippen molar-refractivity contribution in [3.8, 4) is 21.1 Å². The monoisotopic (exact) mass is 290 g/mol. The van der Waals surface area contributed by atoms with Crippen LogP contribution in [0.3, 0.4) is 0 Å². The summed E-state index contributed by atoms with van der Waals surface area (Å²) in [6.45, 7) is 2.07. The minimum atomic E-state index is 1.07. The average molecular weight is 290 g/mol. The molecule has 0 saturated heterocycles. The van der Waals surface area contributed by atoms with Crippen LogP contribution in [0.4, 0.5) is 0 Å². The lowest BCUT2D eigenvalue weighted by atomic mass is 10.2. The number of hydrogen-bond acceptors (Lipinski definition) is 2. The predicted molar refractivity (Wildman–Crippen MR) is 89.6 cm³/mol. The SMILES string of the molecule is Cc1nc(-c2ccccc2)sc1-c1cc2ccccc2[nH]1. The Morgan fingerprint density at radius 2 is 1.71 bits per heavy atom. The van der Waals surface area contributed by atoms with Crippen LogP contribution in [0.25, 0.3) is 32.0 Å². The molecule has 2 heterocycles. The second-order valence-electron chi connectivity index (χ2n) is 5.07. The van der Waals surface area contributed by atoms with Crippen LogP contribution >= 0.6 is 11.3 Å². The van der Waals surface area contributed by atoms with Crippen LogP contribution in [-0.4, -0.2) is 9.97 Å². The maximum Gasteiger partial charge on any atom is 0.124 e. The third-order valence-electron chi connectivity index (χ3n) is 3.59. The van der Waals surface area contributed by atoms with Crippen molar-refractivity contribution in [1.29, 1.82) is 0 Å². The zero-order chi connectivity index (χ0) is 14.2. The van der Waals surface area contributed by atoms with Crippen molar-refractivity contribution >= 4 is 22.2 Å². The summed E-state index contributed by atoms with van der Waals surface area (Å²) in [6.07, 6.45) is 0. The Labute approximate surface area is 127 Å². The summed E-state index contributed by atoms with van der Waals surface area (Å²) < 4.78 is 0. The molecule has 0 aliphatic carbocycles. The number of benzene rings is 2. The Hall–Kier alpha value is -2.39. The van der Waals surface area contributed by atoms with Crippen LogP contribution in [0, 0.1) is 6.92 Å². The standard InChI is InChI=1S/C18H14N2S/c1-12-17(16-11-14-9-5-6-10-15(14)20-16)21-18(19-12)13-7-3-2-4-8-13/h2-11,20H,1H3. The molecular formula is C18H14N2S. The fraction of sp³-hybridized carbons (Fsp3) is 0.0556. The molecule has 0 spiro atoms. The number of hydrogen-bond donors (Lipinski definition) is 1. The van der Waals surface area contributed by atoms with Crippen molar-refractivity contribution in [2.24, 2.45) is 0 Å². The number of nitrogens with one attached hydrogen (secondary N) is 1. The molecule has 0 fully saturated rings. The van der Waals surface area contributed by atoms with Crippen molar-refractivity contribution in [3.05, 3.63) is 66.4 Å². The van der Waals surface area contributed by atoms with Crippen LogP contribution in [0.5, 0.6) is 0 Å². The summed E-state index contributed by atoms with van der Waals surface area (Å²) in [6, 6.07) is 20.9. The number of aryl methyl sites for hydroxylation is 1. The summed E-state index contributed by atoms with van der Waals surface area (Å²) in [5.41, 5.74) is 4.56. The van der Waals surface area contributed by atoms with Crippen molar-refractivity contribution < 1.29 is 0 Å². The van der Waals surface area contributed by atoms with Crippen LogP contribution in [0.15, 0.2) is 60.7 Å². The van der Waals surface area contributed by atoms with Gasteiger partial charge in [0.1, 0.15) is 5.01 Å². The van der Waals surface area contributed by atoms with Gasteiger partial charge in [0.25, 0.3) is 0 Å². The van der Waals surface area contributed by atoms with Gasteiger partial charge in [-0.3, -0.25) is 0 Å². The second-order valence-corrected chi connectivity index (χ2v) is 6.07. The molecule has 4 rings (SSSR count). The number of rotatable bonds is 2. The van der Waals surface area contributed by atoms with Gasteiger partial charge >= 0.3 is 0 Å². The van der Waals surface area contributed by atoms with Gasteiger partial charge in [-0.05, 0) is 19.1 Å². The number of thiazole rings is 1. The van der Waals surface area contributed by atoms with Crippen molar-refractivity contribution in [2.45, 2.75) is 6.92 Å². The van der Waals surface area contributed by atoms with Gasteiger partial charge in [0.2, 0.25) is 0 Å². The summed E-state index contributed by atoms with van der Waals surface area (Å²) in [5, 5.41) is 2.31. The van der Waals surface area contributed by atoms with E-state index in [1.165, 1.54) is 21.3 Å². The van der Waals surface area contributed by atoms with E-state index in [0.29, 0.717) is 0 Å². The maximum atomic E-state index is 4.73. The van der Waals surface area contributed by atoms with E-state index in [-0.39, 0.29) is 0 Å². The molecule has 2 aromatic carbocycles. The fourth-order valence-corrected chi connectivity index (χ4v) is 3.59. The molecule has 0 unspecified atom stereocenters. The van der Waals surface area contributed by atoms with E-state index in [0.717, 1.165) is 16.4 Å². The number of aromatic amines is 1. The zero-order valence-corrected chi connectivity index (χ0v) is 12.4. The normalized spacial score (nSPS) is 11.1. The van der Waals surface area contributed by atoms with Crippen LogP contribution in [-0.2, 0) is 0 Å². The fourth-order valence-electron chi connectivity index (χ4n) is 2.55. The largest absolute Gasteiger partial charge is 0.354 e. The highest BCUT2D eigenvalue weighted by Crippen LogP contribution is 2.35. The molecular weight excluding hydrogens is 276 g/mol. The molecule has 4 aromatic rings. The molecule has 0 amide bonds. The molecule has 0 bridgehead atoms. The minimum Gasteiger partial charge on any atom is -0.354 e. The highest BCUT2D eigenvalue weighted by atomic mass is 32.1. The molecule has 2 nitrogen and oxygen atoms in total. The van der Waals surface area contributed by atoms with E-state index in [2.05, 4.69) is 66.5 Å². The number of H-pyrrole nitrogens is 1. The van der Waals surface area contributed by atoms with Crippen LogP contribution in [0.2, 0.25) is 0 Å².